The lowest BCUT2D eigenvalue weighted by Gasteiger charge is -2.31. The molecule has 2 amide bonds. The van der Waals surface area contributed by atoms with Gasteiger partial charge in [0.25, 0.3) is 0 Å². The molecule has 1 saturated heterocycles. The first-order chi connectivity index (χ1) is 18.4. The second kappa shape index (κ2) is 16.9. The second-order valence-electron chi connectivity index (χ2n) is 12.0. The molecule has 0 bridgehead atoms. The Morgan fingerprint density at radius 1 is 0.895 bits per heavy atom. The van der Waals surface area contributed by atoms with Crippen LogP contribution in [0.15, 0.2) is 0 Å². The molecule has 1 fully saturated rings. The fourth-order valence-electron chi connectivity index (χ4n) is 5.81. The molecule has 0 saturated carbocycles. The van der Waals surface area contributed by atoms with E-state index in [1.807, 2.05) is 21.6 Å². The Kier molecular flexibility index (Phi) is 14.1. The van der Waals surface area contributed by atoms with Gasteiger partial charge in [0.05, 0.1) is 6.10 Å². The predicted molar refractivity (Wildman–Crippen MR) is 169 cm³/mol. The fourth-order valence-corrected chi connectivity index (χ4v) is 8.84. The topological polar surface area (TPSA) is 50.4 Å². The largest absolute Gasteiger partial charge is 0.490 e. The first kappa shape index (κ1) is 31.5. The van der Waals surface area contributed by atoms with Crippen LogP contribution in [0, 0.1) is 26.7 Å². The summed E-state index contributed by atoms with van der Waals surface area (Å²) >= 11 is 0. The van der Waals surface area contributed by atoms with E-state index in [4.69, 9.17) is 4.74 Å². The van der Waals surface area contributed by atoms with Gasteiger partial charge in [-0.15, -0.1) is 0 Å². The van der Waals surface area contributed by atoms with E-state index >= 15 is 0 Å². The Bertz CT molecular complexity index is 868. The molecular weight excluding hydrogens is 508 g/mol. The van der Waals surface area contributed by atoms with Gasteiger partial charge in [-0.25, -0.2) is 4.79 Å². The Labute approximate surface area is 241 Å². The van der Waals surface area contributed by atoms with Crippen molar-refractivity contribution < 1.29 is 9.53 Å². The Morgan fingerprint density at radius 3 is 2.29 bits per heavy atom. The number of urea groups is 1. The monoisotopic (exact) mass is 562 g/mol. The molecule has 2 heterocycles. The van der Waals surface area contributed by atoms with Crippen molar-refractivity contribution in [2.75, 3.05) is 17.6 Å². The van der Waals surface area contributed by atoms with E-state index in [-0.39, 0.29) is 6.03 Å². The molecule has 1 aromatic carbocycles. The number of hydrogen-bond acceptors (Lipinski definition) is 4. The van der Waals surface area contributed by atoms with Gasteiger partial charge < -0.3 is 15.4 Å². The van der Waals surface area contributed by atoms with Crippen molar-refractivity contribution in [2.45, 2.75) is 142 Å². The van der Waals surface area contributed by atoms with E-state index in [1.165, 1.54) is 93.1 Å². The van der Waals surface area contributed by atoms with Crippen LogP contribution in [0.1, 0.15) is 126 Å². The zero-order chi connectivity index (χ0) is 27.3. The first-order valence-electron chi connectivity index (χ1n) is 15.5. The molecule has 6 heteroatoms. The Morgan fingerprint density at radius 2 is 1.61 bits per heavy atom. The van der Waals surface area contributed by atoms with Crippen LogP contribution in [0.3, 0.4) is 0 Å². The van der Waals surface area contributed by atoms with Gasteiger partial charge in [0.15, 0.2) is 0 Å². The molecule has 0 aliphatic carbocycles. The van der Waals surface area contributed by atoms with Crippen LogP contribution in [0.25, 0.3) is 0 Å². The number of anilines is 1. The number of carbonyl (C=O) groups is 1. The summed E-state index contributed by atoms with van der Waals surface area (Å²) in [5.74, 6) is 3.20. The first-order valence-corrected chi connectivity index (χ1v) is 17.9. The van der Waals surface area contributed by atoms with Crippen molar-refractivity contribution in [3.63, 3.8) is 0 Å². The standard InChI is InChI=1S/C32H54N2O2S2/c1-23(2)15-12-10-8-6-7-9-11-13-16-27-18-19-29-26(5)30(24(3)25(4)31(29)36-27)34-32(35)33-21-14-17-28-20-22-37-38-28/h23,27-28H,6-22H2,1-5H3,(H2,33,34,35)/t27-,28-/m1/s1. The van der Waals surface area contributed by atoms with Crippen LogP contribution < -0.4 is 15.4 Å². The molecule has 1 aromatic rings. The number of fused-ring (bicyclic) bond motifs is 1. The summed E-state index contributed by atoms with van der Waals surface area (Å²) in [7, 11) is 3.99. The molecule has 38 heavy (non-hydrogen) atoms. The van der Waals surface area contributed by atoms with Gasteiger partial charge in [-0.1, -0.05) is 86.8 Å². The number of unbranched alkanes of at least 4 members (excludes halogenated alkanes) is 7. The smallest absolute Gasteiger partial charge is 0.319 e. The van der Waals surface area contributed by atoms with Gasteiger partial charge in [-0.3, -0.25) is 0 Å². The molecule has 0 radical (unpaired) electrons. The third-order valence-electron chi connectivity index (χ3n) is 8.39. The lowest BCUT2D eigenvalue weighted by Crippen LogP contribution is -2.31. The van der Waals surface area contributed by atoms with Crippen molar-refractivity contribution in [2.24, 2.45) is 5.92 Å². The maximum atomic E-state index is 12.7. The highest BCUT2D eigenvalue weighted by Gasteiger charge is 2.26. The summed E-state index contributed by atoms with van der Waals surface area (Å²) in [5.41, 5.74) is 5.73. The minimum Gasteiger partial charge on any atom is -0.490 e. The predicted octanol–water partition coefficient (Wildman–Crippen LogP) is 9.92. The molecule has 3 rings (SSSR count). The number of amides is 2. The minimum atomic E-state index is -0.0887. The molecule has 2 aliphatic rings. The van der Waals surface area contributed by atoms with Crippen LogP contribution in [0.5, 0.6) is 5.75 Å². The van der Waals surface area contributed by atoms with E-state index < -0.39 is 0 Å². The highest BCUT2D eigenvalue weighted by atomic mass is 33.1. The van der Waals surface area contributed by atoms with Crippen molar-refractivity contribution in [3.8, 4) is 5.75 Å². The Balaban J connectivity index is 1.38. The summed E-state index contributed by atoms with van der Waals surface area (Å²) in [6.07, 6.45) is 19.5. The van der Waals surface area contributed by atoms with E-state index in [1.54, 1.807) is 0 Å². The van der Waals surface area contributed by atoms with Crippen LogP contribution in [-0.2, 0) is 6.42 Å². The highest BCUT2D eigenvalue weighted by molar-refractivity contribution is 8.77. The van der Waals surface area contributed by atoms with Crippen molar-refractivity contribution >= 4 is 33.3 Å². The number of carbonyl (C=O) groups excluding carboxylic acids is 1. The van der Waals surface area contributed by atoms with Crippen LogP contribution >= 0.6 is 21.6 Å². The fraction of sp³-hybridized carbons (Fsp3) is 0.781. The van der Waals surface area contributed by atoms with Crippen molar-refractivity contribution in [3.05, 3.63) is 22.3 Å². The van der Waals surface area contributed by atoms with Gasteiger partial charge in [-0.2, -0.15) is 0 Å². The average molecular weight is 563 g/mol. The SMILES string of the molecule is Cc1c(C)c2c(c(C)c1NC(=O)NCCC[C@@H]1CCSS1)CC[C@@H](CCCCCCCCCCC(C)C)O2. The average Bonchev–Trinajstić information content (AvgIpc) is 3.42. The quantitative estimate of drug-likeness (QED) is 0.155. The molecule has 2 aliphatic heterocycles. The molecule has 216 valence electrons. The minimum absolute atomic E-state index is 0.0887. The van der Waals surface area contributed by atoms with E-state index in [0.717, 1.165) is 60.4 Å². The Hall–Kier alpha value is -1.01. The van der Waals surface area contributed by atoms with Crippen molar-refractivity contribution in [1.82, 2.24) is 5.32 Å². The third-order valence-corrected chi connectivity index (χ3v) is 11.4. The summed E-state index contributed by atoms with van der Waals surface area (Å²) in [6.45, 7) is 11.8. The number of ether oxygens (including phenoxy) is 1. The summed E-state index contributed by atoms with van der Waals surface area (Å²) in [6, 6.07) is -0.0887. The third kappa shape index (κ3) is 10.2. The van der Waals surface area contributed by atoms with Gasteiger partial charge in [0.2, 0.25) is 0 Å². The lowest BCUT2D eigenvalue weighted by atomic mass is 9.89. The normalized spacial score (nSPS) is 18.9. The zero-order valence-electron chi connectivity index (χ0n) is 24.9. The lowest BCUT2D eigenvalue weighted by molar-refractivity contribution is 0.158. The van der Waals surface area contributed by atoms with Gasteiger partial charge >= 0.3 is 6.03 Å². The van der Waals surface area contributed by atoms with Crippen LogP contribution in [0.2, 0.25) is 0 Å². The van der Waals surface area contributed by atoms with E-state index in [2.05, 4.69) is 45.3 Å². The molecule has 0 aromatic heterocycles. The van der Waals surface area contributed by atoms with E-state index in [0.29, 0.717) is 6.10 Å². The second-order valence-corrected chi connectivity index (χ2v) is 14.8. The molecule has 0 spiro atoms. The molecule has 0 unspecified atom stereocenters. The van der Waals surface area contributed by atoms with Gasteiger partial charge in [0, 0.05) is 23.2 Å². The maximum Gasteiger partial charge on any atom is 0.319 e. The highest BCUT2D eigenvalue weighted by Crippen LogP contribution is 2.41. The number of hydrogen-bond donors (Lipinski definition) is 2. The number of rotatable bonds is 16. The molecular formula is C32H54N2O2S2. The number of benzene rings is 1. The molecule has 2 atom stereocenters. The molecule has 4 nitrogen and oxygen atoms in total. The summed E-state index contributed by atoms with van der Waals surface area (Å²) in [4.78, 5) is 12.7. The van der Waals surface area contributed by atoms with Crippen molar-refractivity contribution in [1.29, 1.82) is 0 Å². The summed E-state index contributed by atoms with van der Waals surface area (Å²) < 4.78 is 6.57. The van der Waals surface area contributed by atoms with E-state index in [9.17, 15) is 4.79 Å². The maximum absolute atomic E-state index is 12.7. The zero-order valence-corrected chi connectivity index (χ0v) is 26.5. The van der Waals surface area contributed by atoms with Gasteiger partial charge in [0.1, 0.15) is 5.75 Å². The van der Waals surface area contributed by atoms with Crippen LogP contribution in [-0.4, -0.2) is 29.7 Å². The molecule has 2 N–H and O–H groups in total. The van der Waals surface area contributed by atoms with Crippen LogP contribution in [0.4, 0.5) is 10.5 Å². The van der Waals surface area contributed by atoms with Gasteiger partial charge in [-0.05, 0) is 93.9 Å². The summed E-state index contributed by atoms with van der Waals surface area (Å²) in [5, 5.41) is 7.00. The number of nitrogens with one attached hydrogen (secondary N) is 2.